The summed E-state index contributed by atoms with van der Waals surface area (Å²) in [5, 5.41) is 3.35. The number of nitrogens with one attached hydrogen (secondary N) is 2. The van der Waals surface area contributed by atoms with E-state index in [9.17, 15) is 4.39 Å². The number of hydrogen-bond donors (Lipinski definition) is 2. The van der Waals surface area contributed by atoms with Crippen LogP contribution in [-0.4, -0.2) is 24.3 Å². The molecule has 4 aromatic heterocycles. The number of aromatic nitrogens is 5. The van der Waals surface area contributed by atoms with Crippen molar-refractivity contribution in [3.05, 3.63) is 78.9 Å². The molecule has 0 fully saturated rings. The number of halogens is 1. The number of rotatable bonds is 4. The van der Waals surface area contributed by atoms with Crippen LogP contribution < -0.4 is 5.32 Å². The molecule has 27 heavy (non-hydrogen) atoms. The summed E-state index contributed by atoms with van der Waals surface area (Å²) in [6.45, 7) is 0.526. The molecule has 0 aliphatic carbocycles. The lowest BCUT2D eigenvalue weighted by Crippen LogP contribution is -2.03. The molecule has 0 bridgehead atoms. The molecule has 5 rings (SSSR count). The van der Waals surface area contributed by atoms with Crippen LogP contribution in [0.4, 0.5) is 10.2 Å². The minimum atomic E-state index is -0.253. The third kappa shape index (κ3) is 2.69. The lowest BCUT2D eigenvalue weighted by molar-refractivity contribution is 0.628. The minimum absolute atomic E-state index is 0.253. The summed E-state index contributed by atoms with van der Waals surface area (Å²) in [4.78, 5) is 15.6. The van der Waals surface area contributed by atoms with E-state index >= 15 is 0 Å². The molecule has 132 valence electrons. The summed E-state index contributed by atoms with van der Waals surface area (Å²) in [5.74, 6) is 0.426. The highest BCUT2D eigenvalue weighted by Gasteiger charge is 2.14. The Kier molecular flexibility index (Phi) is 3.57. The summed E-state index contributed by atoms with van der Waals surface area (Å²) in [5.41, 5.74) is 5.27. The van der Waals surface area contributed by atoms with Gasteiger partial charge in [0.1, 0.15) is 17.7 Å². The SMILES string of the molecule is Fc1cccc(-c2c(CNc3ncnc4nc[nH]c34)cn3ccccc23)c1. The van der Waals surface area contributed by atoms with Gasteiger partial charge in [0, 0.05) is 24.5 Å². The van der Waals surface area contributed by atoms with Crippen molar-refractivity contribution in [2.45, 2.75) is 6.54 Å². The van der Waals surface area contributed by atoms with Crippen LogP contribution in [0.25, 0.3) is 27.8 Å². The molecule has 6 nitrogen and oxygen atoms in total. The standard InChI is InChI=1S/C20H15FN6/c21-15-5-3-4-13(8-15)17-14(10-27-7-2-1-6-16(17)27)9-22-19-18-20(24-11-23-18)26-12-25-19/h1-8,10-12H,9H2,(H2,22,23,24,25,26). The number of pyridine rings is 1. The Morgan fingerprint density at radius 3 is 2.96 bits per heavy atom. The molecule has 0 aliphatic heterocycles. The first-order chi connectivity index (χ1) is 13.3. The summed E-state index contributed by atoms with van der Waals surface area (Å²) >= 11 is 0. The van der Waals surface area contributed by atoms with Gasteiger partial charge in [-0.1, -0.05) is 18.2 Å². The molecule has 0 aliphatic rings. The van der Waals surface area contributed by atoms with E-state index in [1.165, 1.54) is 12.4 Å². The summed E-state index contributed by atoms with van der Waals surface area (Å²) in [6.07, 6.45) is 7.11. The fourth-order valence-electron chi connectivity index (χ4n) is 3.37. The van der Waals surface area contributed by atoms with Crippen molar-refractivity contribution in [1.29, 1.82) is 0 Å². The molecule has 0 spiro atoms. The van der Waals surface area contributed by atoms with Crippen LogP contribution in [-0.2, 0) is 6.54 Å². The van der Waals surface area contributed by atoms with E-state index in [0.717, 1.165) is 27.7 Å². The van der Waals surface area contributed by atoms with Crippen LogP contribution in [0, 0.1) is 5.82 Å². The van der Waals surface area contributed by atoms with Crippen molar-refractivity contribution in [1.82, 2.24) is 24.3 Å². The second-order valence-corrected chi connectivity index (χ2v) is 6.21. The topological polar surface area (TPSA) is 70.9 Å². The second-order valence-electron chi connectivity index (χ2n) is 6.21. The summed E-state index contributed by atoms with van der Waals surface area (Å²) in [6, 6.07) is 12.6. The van der Waals surface area contributed by atoms with Gasteiger partial charge in [-0.2, -0.15) is 0 Å². The monoisotopic (exact) mass is 358 g/mol. The highest BCUT2D eigenvalue weighted by molar-refractivity contribution is 5.85. The van der Waals surface area contributed by atoms with E-state index in [-0.39, 0.29) is 5.82 Å². The van der Waals surface area contributed by atoms with Crippen molar-refractivity contribution >= 4 is 22.5 Å². The normalized spacial score (nSPS) is 11.3. The number of aromatic amines is 1. The molecule has 4 heterocycles. The molecule has 0 saturated carbocycles. The van der Waals surface area contributed by atoms with Gasteiger partial charge in [-0.25, -0.2) is 19.3 Å². The lowest BCUT2D eigenvalue weighted by Gasteiger charge is -2.08. The van der Waals surface area contributed by atoms with Gasteiger partial charge in [-0.05, 0) is 35.4 Å². The quantitative estimate of drug-likeness (QED) is 0.509. The summed E-state index contributed by atoms with van der Waals surface area (Å²) < 4.78 is 15.9. The van der Waals surface area contributed by atoms with E-state index in [1.54, 1.807) is 18.5 Å². The molecule has 0 amide bonds. The fraction of sp³-hybridized carbons (Fsp3) is 0.0500. The molecule has 7 heteroatoms. The van der Waals surface area contributed by atoms with Gasteiger partial charge < -0.3 is 14.7 Å². The van der Waals surface area contributed by atoms with E-state index in [1.807, 2.05) is 41.1 Å². The van der Waals surface area contributed by atoms with Gasteiger partial charge in [0.15, 0.2) is 11.5 Å². The third-order valence-electron chi connectivity index (χ3n) is 4.54. The number of imidazole rings is 1. The van der Waals surface area contributed by atoms with Crippen molar-refractivity contribution in [3.63, 3.8) is 0 Å². The molecule has 0 atom stereocenters. The van der Waals surface area contributed by atoms with Gasteiger partial charge in [-0.15, -0.1) is 0 Å². The average Bonchev–Trinajstić information content (AvgIpc) is 3.30. The number of H-pyrrole nitrogens is 1. The van der Waals surface area contributed by atoms with Crippen molar-refractivity contribution in [2.75, 3.05) is 5.32 Å². The Balaban J connectivity index is 1.59. The first-order valence-corrected chi connectivity index (χ1v) is 8.52. The van der Waals surface area contributed by atoms with E-state index in [4.69, 9.17) is 0 Å². The predicted octanol–water partition coefficient (Wildman–Crippen LogP) is 4.02. The number of benzene rings is 1. The predicted molar refractivity (Wildman–Crippen MR) is 102 cm³/mol. The van der Waals surface area contributed by atoms with Crippen LogP contribution in [0.2, 0.25) is 0 Å². The summed E-state index contributed by atoms with van der Waals surface area (Å²) in [7, 11) is 0. The molecule has 2 N–H and O–H groups in total. The van der Waals surface area contributed by atoms with Crippen molar-refractivity contribution < 1.29 is 4.39 Å². The lowest BCUT2D eigenvalue weighted by atomic mass is 10.0. The molecule has 0 unspecified atom stereocenters. The molecular weight excluding hydrogens is 343 g/mol. The Morgan fingerprint density at radius 2 is 2.04 bits per heavy atom. The van der Waals surface area contributed by atoms with Gasteiger partial charge in [0.05, 0.1) is 11.8 Å². The number of nitrogens with zero attached hydrogens (tertiary/aromatic N) is 4. The second kappa shape index (κ2) is 6.21. The Hall–Kier alpha value is -3.74. The molecule has 0 saturated heterocycles. The van der Waals surface area contributed by atoms with Crippen LogP contribution in [0.15, 0.2) is 67.5 Å². The maximum absolute atomic E-state index is 13.8. The number of fused-ring (bicyclic) bond motifs is 2. The number of hydrogen-bond acceptors (Lipinski definition) is 4. The smallest absolute Gasteiger partial charge is 0.182 e. The van der Waals surface area contributed by atoms with E-state index in [2.05, 4.69) is 25.3 Å². The van der Waals surface area contributed by atoms with Gasteiger partial charge in [0.2, 0.25) is 0 Å². The fourth-order valence-corrected chi connectivity index (χ4v) is 3.37. The largest absolute Gasteiger partial charge is 0.364 e. The van der Waals surface area contributed by atoms with Crippen LogP contribution >= 0.6 is 0 Å². The molecule has 1 aromatic carbocycles. The van der Waals surface area contributed by atoms with Gasteiger partial charge >= 0.3 is 0 Å². The van der Waals surface area contributed by atoms with Crippen LogP contribution in [0.1, 0.15) is 5.56 Å². The average molecular weight is 358 g/mol. The highest BCUT2D eigenvalue weighted by Crippen LogP contribution is 2.31. The van der Waals surface area contributed by atoms with Crippen molar-refractivity contribution in [3.8, 4) is 11.1 Å². The number of anilines is 1. The molecule has 0 radical (unpaired) electrons. The first kappa shape index (κ1) is 15.5. The Morgan fingerprint density at radius 1 is 1.07 bits per heavy atom. The Labute approximate surface area is 153 Å². The van der Waals surface area contributed by atoms with Gasteiger partial charge in [0.25, 0.3) is 0 Å². The zero-order valence-corrected chi connectivity index (χ0v) is 14.2. The van der Waals surface area contributed by atoms with Crippen LogP contribution in [0.3, 0.4) is 0 Å². The minimum Gasteiger partial charge on any atom is -0.364 e. The zero-order chi connectivity index (χ0) is 18.2. The van der Waals surface area contributed by atoms with Crippen molar-refractivity contribution in [2.24, 2.45) is 0 Å². The third-order valence-corrected chi connectivity index (χ3v) is 4.54. The first-order valence-electron chi connectivity index (χ1n) is 8.52. The maximum Gasteiger partial charge on any atom is 0.182 e. The van der Waals surface area contributed by atoms with E-state index < -0.39 is 0 Å². The highest BCUT2D eigenvalue weighted by atomic mass is 19.1. The van der Waals surface area contributed by atoms with E-state index in [0.29, 0.717) is 18.0 Å². The molecule has 5 aromatic rings. The Bertz CT molecular complexity index is 1260. The van der Waals surface area contributed by atoms with Crippen LogP contribution in [0.5, 0.6) is 0 Å². The maximum atomic E-state index is 13.8. The molecular formula is C20H15FN6. The zero-order valence-electron chi connectivity index (χ0n) is 14.2. The van der Waals surface area contributed by atoms with Gasteiger partial charge in [-0.3, -0.25) is 0 Å².